The van der Waals surface area contributed by atoms with E-state index in [9.17, 15) is 19.5 Å². The van der Waals surface area contributed by atoms with Crippen molar-refractivity contribution in [3.8, 4) is 11.1 Å². The Hall–Kier alpha value is -3.39. The maximum Gasteiger partial charge on any atom is 0.407 e. The molecule has 2 aromatic rings. The van der Waals surface area contributed by atoms with Crippen LogP contribution in [-0.4, -0.2) is 56.0 Å². The zero-order chi connectivity index (χ0) is 24.5. The number of alkyl carbamates (subject to hydrolysis) is 1. The fourth-order valence-corrected chi connectivity index (χ4v) is 4.23. The predicted molar refractivity (Wildman–Crippen MR) is 128 cm³/mol. The number of benzene rings is 2. The molecule has 2 atom stereocenters. The van der Waals surface area contributed by atoms with E-state index in [2.05, 4.69) is 34.9 Å². The SMILES string of the molecule is COCCC(NC(=O)CC(C)CCNC(=O)OCC1c2ccccc2-c2ccccc21)C(=O)O. The normalized spacial score (nSPS) is 13.9. The van der Waals surface area contributed by atoms with E-state index in [1.54, 1.807) is 0 Å². The van der Waals surface area contributed by atoms with Crippen LogP contribution in [0.1, 0.15) is 43.2 Å². The third-order valence-corrected chi connectivity index (χ3v) is 6.03. The number of ether oxygens (including phenoxy) is 2. The van der Waals surface area contributed by atoms with E-state index < -0.39 is 18.1 Å². The van der Waals surface area contributed by atoms with Crippen molar-refractivity contribution in [1.82, 2.24) is 10.6 Å². The third-order valence-electron chi connectivity index (χ3n) is 6.03. The molecule has 182 valence electrons. The lowest BCUT2D eigenvalue weighted by molar-refractivity contribution is -0.142. The quantitative estimate of drug-likeness (QED) is 0.439. The zero-order valence-electron chi connectivity index (χ0n) is 19.6. The molecule has 0 bridgehead atoms. The van der Waals surface area contributed by atoms with Gasteiger partial charge in [0.2, 0.25) is 5.91 Å². The molecule has 1 aliphatic carbocycles. The summed E-state index contributed by atoms with van der Waals surface area (Å²) in [5.41, 5.74) is 4.65. The van der Waals surface area contributed by atoms with E-state index in [0.29, 0.717) is 13.0 Å². The summed E-state index contributed by atoms with van der Waals surface area (Å²) in [6.07, 6.45) is 0.440. The summed E-state index contributed by atoms with van der Waals surface area (Å²) in [6.45, 7) is 2.73. The van der Waals surface area contributed by atoms with Crippen LogP contribution in [0.4, 0.5) is 4.79 Å². The smallest absolute Gasteiger partial charge is 0.407 e. The van der Waals surface area contributed by atoms with E-state index in [0.717, 1.165) is 11.1 Å². The molecule has 0 aromatic heterocycles. The van der Waals surface area contributed by atoms with E-state index in [1.165, 1.54) is 18.2 Å². The number of nitrogens with one attached hydrogen (secondary N) is 2. The summed E-state index contributed by atoms with van der Waals surface area (Å²) >= 11 is 0. The minimum atomic E-state index is -1.09. The summed E-state index contributed by atoms with van der Waals surface area (Å²) in [6, 6.07) is 15.3. The van der Waals surface area contributed by atoms with Crippen LogP contribution in [0.25, 0.3) is 11.1 Å². The lowest BCUT2D eigenvalue weighted by Crippen LogP contribution is -2.42. The highest BCUT2D eigenvalue weighted by Gasteiger charge is 2.29. The molecule has 8 heteroatoms. The highest BCUT2D eigenvalue weighted by molar-refractivity contribution is 5.83. The first kappa shape index (κ1) is 25.2. The van der Waals surface area contributed by atoms with Crippen molar-refractivity contribution in [1.29, 1.82) is 0 Å². The Morgan fingerprint density at radius 2 is 1.62 bits per heavy atom. The number of amides is 2. The molecule has 2 unspecified atom stereocenters. The van der Waals surface area contributed by atoms with E-state index >= 15 is 0 Å². The van der Waals surface area contributed by atoms with Crippen LogP contribution >= 0.6 is 0 Å². The molecule has 34 heavy (non-hydrogen) atoms. The average Bonchev–Trinajstić information content (AvgIpc) is 3.14. The van der Waals surface area contributed by atoms with Gasteiger partial charge in [-0.2, -0.15) is 0 Å². The summed E-state index contributed by atoms with van der Waals surface area (Å²) in [7, 11) is 1.48. The van der Waals surface area contributed by atoms with Crippen molar-refractivity contribution in [3.05, 3.63) is 59.7 Å². The second kappa shape index (κ2) is 12.2. The molecule has 2 aromatic carbocycles. The van der Waals surface area contributed by atoms with Crippen LogP contribution in [0, 0.1) is 5.92 Å². The van der Waals surface area contributed by atoms with Crippen LogP contribution in [0.5, 0.6) is 0 Å². The number of aliphatic carboxylic acids is 1. The van der Waals surface area contributed by atoms with Gasteiger partial charge in [0.15, 0.2) is 0 Å². The number of carbonyl (C=O) groups is 3. The fourth-order valence-electron chi connectivity index (χ4n) is 4.23. The number of carbonyl (C=O) groups excluding carboxylic acids is 2. The standard InChI is InChI=1S/C26H32N2O6/c1-17(15-24(29)28-23(25(30)31)12-14-33-2)11-13-27-26(32)34-16-22-20-9-5-3-7-18(20)19-8-4-6-10-21(19)22/h3-10,17,22-23H,11-16H2,1-2H3,(H,27,32)(H,28,29)(H,30,31). The monoisotopic (exact) mass is 468 g/mol. The van der Waals surface area contributed by atoms with Gasteiger partial charge in [-0.25, -0.2) is 9.59 Å². The number of fused-ring (bicyclic) bond motifs is 3. The third kappa shape index (κ3) is 6.57. The van der Waals surface area contributed by atoms with Gasteiger partial charge >= 0.3 is 12.1 Å². The number of carboxylic acid groups (broad SMARTS) is 1. The summed E-state index contributed by atoms with van der Waals surface area (Å²) < 4.78 is 10.4. The minimum Gasteiger partial charge on any atom is -0.480 e. The molecular weight excluding hydrogens is 436 g/mol. The Morgan fingerprint density at radius 3 is 2.21 bits per heavy atom. The van der Waals surface area contributed by atoms with E-state index in [1.807, 2.05) is 31.2 Å². The van der Waals surface area contributed by atoms with Crippen molar-refractivity contribution in [2.45, 2.75) is 38.1 Å². The van der Waals surface area contributed by atoms with Gasteiger partial charge in [0.05, 0.1) is 0 Å². The van der Waals surface area contributed by atoms with Gasteiger partial charge in [-0.15, -0.1) is 0 Å². The number of hydrogen-bond acceptors (Lipinski definition) is 5. The van der Waals surface area contributed by atoms with Gasteiger partial charge in [0.25, 0.3) is 0 Å². The predicted octanol–water partition coefficient (Wildman–Crippen LogP) is 3.55. The second-order valence-corrected chi connectivity index (χ2v) is 8.59. The van der Waals surface area contributed by atoms with Gasteiger partial charge in [-0.3, -0.25) is 4.79 Å². The van der Waals surface area contributed by atoms with Crippen LogP contribution in [0.3, 0.4) is 0 Å². The Bertz CT molecular complexity index is 963. The molecule has 0 radical (unpaired) electrons. The molecule has 0 spiro atoms. The summed E-state index contributed by atoms with van der Waals surface area (Å²) in [5, 5.41) is 14.5. The first-order chi connectivity index (χ1) is 16.4. The van der Waals surface area contributed by atoms with Crippen LogP contribution in [-0.2, 0) is 19.1 Å². The lowest BCUT2D eigenvalue weighted by Gasteiger charge is -2.17. The minimum absolute atomic E-state index is 0.000980. The number of methoxy groups -OCH3 is 1. The maximum atomic E-state index is 12.3. The topological polar surface area (TPSA) is 114 Å². The average molecular weight is 469 g/mol. The Balaban J connectivity index is 1.40. The molecule has 3 rings (SSSR count). The molecule has 0 aliphatic heterocycles. The Labute approximate surface area is 199 Å². The molecule has 0 fully saturated rings. The molecule has 0 saturated carbocycles. The first-order valence-corrected chi connectivity index (χ1v) is 11.5. The maximum absolute atomic E-state index is 12.3. The lowest BCUT2D eigenvalue weighted by atomic mass is 9.98. The van der Waals surface area contributed by atoms with Crippen LogP contribution in [0.2, 0.25) is 0 Å². The van der Waals surface area contributed by atoms with Crippen LogP contribution < -0.4 is 10.6 Å². The van der Waals surface area contributed by atoms with Crippen molar-refractivity contribution in [2.75, 3.05) is 26.9 Å². The Kier molecular flexibility index (Phi) is 9.04. The number of rotatable bonds is 12. The molecule has 1 aliphatic rings. The van der Waals surface area contributed by atoms with Gasteiger partial charge in [0.1, 0.15) is 12.6 Å². The second-order valence-electron chi connectivity index (χ2n) is 8.59. The molecular formula is C26H32N2O6. The molecule has 3 N–H and O–H groups in total. The molecule has 8 nitrogen and oxygen atoms in total. The zero-order valence-corrected chi connectivity index (χ0v) is 19.6. The highest BCUT2D eigenvalue weighted by atomic mass is 16.5. The fraction of sp³-hybridized carbons (Fsp3) is 0.423. The highest BCUT2D eigenvalue weighted by Crippen LogP contribution is 2.44. The van der Waals surface area contributed by atoms with Crippen molar-refractivity contribution >= 4 is 18.0 Å². The van der Waals surface area contributed by atoms with Gasteiger partial charge in [0, 0.05) is 39.0 Å². The van der Waals surface area contributed by atoms with Gasteiger partial charge in [-0.05, 0) is 34.6 Å². The van der Waals surface area contributed by atoms with Crippen molar-refractivity contribution in [2.24, 2.45) is 5.92 Å². The molecule has 0 heterocycles. The first-order valence-electron chi connectivity index (χ1n) is 11.5. The van der Waals surface area contributed by atoms with Crippen molar-refractivity contribution in [3.63, 3.8) is 0 Å². The van der Waals surface area contributed by atoms with Gasteiger partial charge < -0.3 is 25.2 Å². The Morgan fingerprint density at radius 1 is 1.00 bits per heavy atom. The largest absolute Gasteiger partial charge is 0.480 e. The molecule has 0 saturated heterocycles. The summed E-state index contributed by atoms with van der Waals surface area (Å²) in [4.78, 5) is 35.6. The number of carboxylic acids is 1. The van der Waals surface area contributed by atoms with E-state index in [-0.39, 0.29) is 43.8 Å². The van der Waals surface area contributed by atoms with Gasteiger partial charge in [-0.1, -0.05) is 55.5 Å². The molecule has 2 amide bonds. The van der Waals surface area contributed by atoms with Crippen LogP contribution in [0.15, 0.2) is 48.5 Å². The summed E-state index contributed by atoms with van der Waals surface area (Å²) in [5.74, 6) is -1.46. The van der Waals surface area contributed by atoms with E-state index in [4.69, 9.17) is 9.47 Å². The van der Waals surface area contributed by atoms with Crippen molar-refractivity contribution < 1.29 is 29.0 Å². The number of hydrogen-bond donors (Lipinski definition) is 3.